The number of hydrogen-bond acceptors (Lipinski definition) is 8. The minimum Gasteiger partial charge on any atom is -0.490 e. The van der Waals surface area contributed by atoms with Crippen molar-refractivity contribution in [2.24, 2.45) is 0 Å². The zero-order valence-electron chi connectivity index (χ0n) is 17.6. The van der Waals surface area contributed by atoms with Gasteiger partial charge < -0.3 is 28.4 Å². The van der Waals surface area contributed by atoms with Crippen molar-refractivity contribution in [2.75, 3.05) is 33.4 Å². The Kier molecular flexibility index (Phi) is 5.90. The van der Waals surface area contributed by atoms with Crippen molar-refractivity contribution in [2.45, 2.75) is 32.9 Å². The number of methoxy groups -OCH3 is 1. The molecule has 0 bridgehead atoms. The van der Waals surface area contributed by atoms with E-state index in [1.807, 2.05) is 13.8 Å². The first-order chi connectivity index (χ1) is 14.9. The smallest absolute Gasteiger partial charge is 0.343 e. The summed E-state index contributed by atoms with van der Waals surface area (Å²) in [6.07, 6.45) is 0.0907. The average Bonchev–Trinajstić information content (AvgIpc) is 3.05. The summed E-state index contributed by atoms with van der Waals surface area (Å²) in [5.41, 5.74) is 0.464. The minimum atomic E-state index is -0.572. The van der Waals surface area contributed by atoms with Gasteiger partial charge in [0.2, 0.25) is 0 Å². The lowest BCUT2D eigenvalue weighted by Crippen LogP contribution is -2.34. The number of fused-ring (bicyclic) bond motifs is 2. The highest BCUT2D eigenvalue weighted by Gasteiger charge is 2.31. The first-order valence-electron chi connectivity index (χ1n) is 10.1. The van der Waals surface area contributed by atoms with Gasteiger partial charge in [-0.15, -0.1) is 11.3 Å². The maximum Gasteiger partial charge on any atom is 0.343 e. The fourth-order valence-corrected chi connectivity index (χ4v) is 4.67. The highest BCUT2D eigenvalue weighted by atomic mass is 32.1. The second kappa shape index (κ2) is 8.62. The Labute approximate surface area is 183 Å². The van der Waals surface area contributed by atoms with Crippen LogP contribution in [0.2, 0.25) is 0 Å². The van der Waals surface area contributed by atoms with Crippen LogP contribution < -0.4 is 19.8 Å². The number of ether oxygens (including phenoxy) is 4. The van der Waals surface area contributed by atoms with Gasteiger partial charge in [-0.05, 0) is 13.8 Å². The molecule has 1 amide bonds. The van der Waals surface area contributed by atoms with Crippen LogP contribution in [-0.2, 0) is 17.7 Å². The summed E-state index contributed by atoms with van der Waals surface area (Å²) in [4.78, 5) is 40.7. The number of aromatic nitrogens is 1. The quantitative estimate of drug-likeness (QED) is 0.660. The zero-order valence-corrected chi connectivity index (χ0v) is 18.5. The fraction of sp³-hybridized carbons (Fsp3) is 0.476. The summed E-state index contributed by atoms with van der Waals surface area (Å²) in [6.45, 7) is 5.40. The van der Waals surface area contributed by atoms with Crippen LogP contribution in [0.4, 0.5) is 0 Å². The molecule has 9 nitrogen and oxygen atoms in total. The third kappa shape index (κ3) is 3.99. The molecule has 2 aromatic heterocycles. The Hall–Kier alpha value is -3.01. The third-order valence-corrected chi connectivity index (χ3v) is 6.06. The summed E-state index contributed by atoms with van der Waals surface area (Å²) < 4.78 is 23.4. The minimum absolute atomic E-state index is 0.184. The molecule has 4 rings (SSSR count). The van der Waals surface area contributed by atoms with E-state index in [4.69, 9.17) is 18.9 Å². The summed E-state index contributed by atoms with van der Waals surface area (Å²) in [6, 6.07) is 1.31. The molecule has 166 valence electrons. The lowest BCUT2D eigenvalue weighted by Gasteiger charge is -2.21. The van der Waals surface area contributed by atoms with Crippen molar-refractivity contribution < 1.29 is 28.5 Å². The Balaban J connectivity index is 1.66. The van der Waals surface area contributed by atoms with E-state index < -0.39 is 5.97 Å². The van der Waals surface area contributed by atoms with Gasteiger partial charge in [0.25, 0.3) is 11.5 Å². The van der Waals surface area contributed by atoms with Gasteiger partial charge >= 0.3 is 5.97 Å². The second-order valence-electron chi connectivity index (χ2n) is 7.48. The molecular weight excluding hydrogens is 424 g/mol. The number of amides is 1. The zero-order chi connectivity index (χ0) is 22.1. The molecule has 0 saturated carbocycles. The van der Waals surface area contributed by atoms with Crippen LogP contribution in [0.25, 0.3) is 0 Å². The van der Waals surface area contributed by atoms with Crippen LogP contribution >= 0.6 is 11.3 Å². The Bertz CT molecular complexity index is 1070. The molecule has 0 spiro atoms. The van der Waals surface area contributed by atoms with Gasteiger partial charge in [-0.25, -0.2) is 4.79 Å². The number of carbonyl (C=O) groups is 2. The van der Waals surface area contributed by atoms with Crippen molar-refractivity contribution in [1.82, 2.24) is 9.47 Å². The molecule has 0 fully saturated rings. The SMILES string of the molecule is COC(=O)c1c(OC(C)C)cc(=O)n2c1CCN(C(=O)c1scc3c1OCCO3)CC2. The molecule has 0 aromatic carbocycles. The molecule has 0 saturated heterocycles. The predicted octanol–water partition coefficient (Wildman–Crippen LogP) is 1.95. The first-order valence-corrected chi connectivity index (χ1v) is 11.0. The number of nitrogens with zero attached hydrogens (tertiary/aromatic N) is 2. The van der Waals surface area contributed by atoms with Gasteiger partial charge in [0.05, 0.1) is 13.2 Å². The van der Waals surface area contributed by atoms with Crippen molar-refractivity contribution in [3.63, 3.8) is 0 Å². The number of thiophene rings is 1. The molecule has 4 heterocycles. The topological polar surface area (TPSA) is 96.3 Å². The van der Waals surface area contributed by atoms with Crippen LogP contribution in [0.3, 0.4) is 0 Å². The van der Waals surface area contributed by atoms with Gasteiger partial charge in [-0.1, -0.05) is 0 Å². The van der Waals surface area contributed by atoms with Crippen molar-refractivity contribution in [1.29, 1.82) is 0 Å². The highest BCUT2D eigenvalue weighted by Crippen LogP contribution is 2.40. The molecule has 0 N–H and O–H groups in total. The van der Waals surface area contributed by atoms with Gasteiger partial charge in [-0.2, -0.15) is 0 Å². The van der Waals surface area contributed by atoms with Gasteiger partial charge in [-0.3, -0.25) is 9.59 Å². The largest absolute Gasteiger partial charge is 0.490 e. The van der Waals surface area contributed by atoms with Crippen LogP contribution in [0.1, 0.15) is 39.6 Å². The summed E-state index contributed by atoms with van der Waals surface area (Å²) in [7, 11) is 1.29. The fourth-order valence-electron chi connectivity index (χ4n) is 3.78. The van der Waals surface area contributed by atoms with Crippen molar-refractivity contribution >= 4 is 23.2 Å². The van der Waals surface area contributed by atoms with Crippen molar-refractivity contribution in [3.05, 3.63) is 37.9 Å². The average molecular weight is 448 g/mol. The lowest BCUT2D eigenvalue weighted by atomic mass is 10.1. The lowest BCUT2D eigenvalue weighted by molar-refractivity contribution is 0.0591. The molecule has 2 aliphatic rings. The number of rotatable bonds is 4. The van der Waals surface area contributed by atoms with E-state index in [1.165, 1.54) is 29.1 Å². The van der Waals surface area contributed by atoms with Crippen LogP contribution in [0.5, 0.6) is 17.2 Å². The Morgan fingerprint density at radius 1 is 1.16 bits per heavy atom. The van der Waals surface area contributed by atoms with Crippen LogP contribution in [0.15, 0.2) is 16.2 Å². The molecule has 31 heavy (non-hydrogen) atoms. The molecule has 0 atom stereocenters. The summed E-state index contributed by atoms with van der Waals surface area (Å²) in [5.74, 6) is 0.504. The normalized spacial score (nSPS) is 15.3. The van der Waals surface area contributed by atoms with E-state index in [1.54, 1.807) is 10.3 Å². The first kappa shape index (κ1) is 21.2. The van der Waals surface area contributed by atoms with E-state index in [0.717, 1.165) is 0 Å². The number of esters is 1. The number of hydrogen-bond donors (Lipinski definition) is 0. The second-order valence-corrected chi connectivity index (χ2v) is 8.36. The van der Waals surface area contributed by atoms with E-state index in [9.17, 15) is 14.4 Å². The molecule has 0 unspecified atom stereocenters. The van der Waals surface area contributed by atoms with E-state index in [-0.39, 0.29) is 35.4 Å². The maximum absolute atomic E-state index is 13.2. The third-order valence-electron chi connectivity index (χ3n) is 5.13. The molecule has 2 aliphatic heterocycles. The molecule has 10 heteroatoms. The highest BCUT2D eigenvalue weighted by molar-refractivity contribution is 7.12. The van der Waals surface area contributed by atoms with Crippen LogP contribution in [0, 0.1) is 0 Å². The predicted molar refractivity (Wildman–Crippen MR) is 113 cm³/mol. The van der Waals surface area contributed by atoms with E-state index >= 15 is 0 Å². The van der Waals surface area contributed by atoms with Crippen LogP contribution in [-0.4, -0.2) is 60.9 Å². The van der Waals surface area contributed by atoms with Gasteiger partial charge in [0, 0.05) is 43.2 Å². The number of pyridine rings is 1. The van der Waals surface area contributed by atoms with E-state index in [0.29, 0.717) is 54.8 Å². The summed E-state index contributed by atoms with van der Waals surface area (Å²) in [5, 5.41) is 1.77. The molecule has 0 radical (unpaired) electrons. The Morgan fingerprint density at radius 2 is 1.94 bits per heavy atom. The summed E-state index contributed by atoms with van der Waals surface area (Å²) >= 11 is 1.28. The monoisotopic (exact) mass is 448 g/mol. The number of carbonyl (C=O) groups excluding carboxylic acids is 2. The van der Waals surface area contributed by atoms with Gasteiger partial charge in [0.1, 0.15) is 29.4 Å². The molecular formula is C21H24N2O7S. The molecule has 2 aromatic rings. The van der Waals surface area contributed by atoms with E-state index in [2.05, 4.69) is 0 Å². The maximum atomic E-state index is 13.2. The standard InChI is InChI=1S/C21H24N2O7S/c1-12(2)30-14-10-16(24)23-7-6-22(5-4-13(23)17(14)21(26)27-3)20(25)19-18-15(11-31-19)28-8-9-29-18/h10-12H,4-9H2,1-3H3. The van der Waals surface area contributed by atoms with Crippen molar-refractivity contribution in [3.8, 4) is 17.2 Å². The van der Waals surface area contributed by atoms with Gasteiger partial charge in [0.15, 0.2) is 11.5 Å². The molecule has 0 aliphatic carbocycles. The Morgan fingerprint density at radius 3 is 2.68 bits per heavy atom.